The van der Waals surface area contributed by atoms with Crippen LogP contribution in [-0.4, -0.2) is 22.2 Å². The Bertz CT molecular complexity index is 1970. The minimum atomic E-state index is -0.974. The topological polar surface area (TPSA) is 74.6 Å². The first-order valence-corrected chi connectivity index (χ1v) is 13.6. The molecule has 13 rings (SSSR count). The van der Waals surface area contributed by atoms with Crippen molar-refractivity contribution in [2.75, 3.05) is 0 Å². The third kappa shape index (κ3) is 4.27. The van der Waals surface area contributed by atoms with E-state index in [9.17, 15) is 19.8 Å². The van der Waals surface area contributed by atoms with Gasteiger partial charge in [0.2, 0.25) is 0 Å². The Morgan fingerprint density at radius 3 is 0.690 bits per heavy atom. The standard InChI is InChI=1S/C38H24O4/c39-37(40)35-31-3-1-4-32(35)28-17-9-24(10-18-28)26-13-21-30(22-14-26)34-6-2-5-33(36(34)38(41)42)29-19-11-25(12-20-29)23-7-15-27(31)16-8-23/h1-22H,(H,39,40)(H,41,42). The second kappa shape index (κ2) is 10.0. The lowest BCUT2D eigenvalue weighted by atomic mass is 9.98. The number of carboxylic acid groups (broad SMARTS) is 2. The monoisotopic (exact) mass is 544 g/mol. The van der Waals surface area contributed by atoms with Crippen molar-refractivity contribution in [3.05, 3.63) is 145 Å². The quantitative estimate of drug-likeness (QED) is 0.227. The van der Waals surface area contributed by atoms with Crippen LogP contribution in [0.5, 0.6) is 0 Å². The highest BCUT2D eigenvalue weighted by Gasteiger charge is 2.13. The molecule has 0 aliphatic heterocycles. The van der Waals surface area contributed by atoms with Crippen LogP contribution < -0.4 is 0 Å². The van der Waals surface area contributed by atoms with E-state index in [4.69, 9.17) is 0 Å². The minimum Gasteiger partial charge on any atom is -0.478 e. The van der Waals surface area contributed by atoms with E-state index in [-0.39, 0.29) is 11.1 Å². The molecule has 13 aromatic carbocycles. The summed E-state index contributed by atoms with van der Waals surface area (Å²) in [5.41, 5.74) is 0.536. The average Bonchev–Trinajstić information content (AvgIpc) is 3.04. The van der Waals surface area contributed by atoms with E-state index < -0.39 is 11.9 Å². The second-order valence-corrected chi connectivity index (χ2v) is 10.4. The lowest BCUT2D eigenvalue weighted by molar-refractivity contribution is 0.0690. The van der Waals surface area contributed by atoms with Crippen LogP contribution in [0.2, 0.25) is 0 Å². The van der Waals surface area contributed by atoms with Gasteiger partial charge in [0, 0.05) is 0 Å². The molecule has 0 saturated heterocycles. The molecule has 0 unspecified atom stereocenters. The summed E-state index contributed by atoms with van der Waals surface area (Å²) in [6.07, 6.45) is 0. The highest BCUT2D eigenvalue weighted by Crippen LogP contribution is 2.29. The fraction of sp³-hybridized carbons (Fsp3) is 0. The zero-order valence-electron chi connectivity index (χ0n) is 22.4. The van der Waals surface area contributed by atoms with Gasteiger partial charge in [-0.2, -0.15) is 0 Å². The lowest BCUT2D eigenvalue weighted by Gasteiger charge is -2.06. The van der Waals surface area contributed by atoms with Crippen molar-refractivity contribution in [1.29, 1.82) is 0 Å². The molecular formula is C38H24O4. The van der Waals surface area contributed by atoms with Crippen LogP contribution in [-0.2, 0) is 0 Å². The number of carboxylic acids is 2. The molecule has 0 amide bonds. The van der Waals surface area contributed by atoms with Gasteiger partial charge in [-0.05, 0) is 64.6 Å². The van der Waals surface area contributed by atoms with Crippen molar-refractivity contribution in [3.8, 4) is 0 Å². The van der Waals surface area contributed by atoms with E-state index in [0.717, 1.165) is 43.1 Å². The Morgan fingerprint density at radius 1 is 0.310 bits per heavy atom. The van der Waals surface area contributed by atoms with Crippen molar-refractivity contribution in [2.24, 2.45) is 0 Å². The lowest BCUT2D eigenvalue weighted by Crippen LogP contribution is -1.98. The van der Waals surface area contributed by atoms with Crippen molar-refractivity contribution in [2.45, 2.75) is 0 Å². The molecule has 0 fully saturated rings. The van der Waals surface area contributed by atoms with Crippen LogP contribution in [0.25, 0.3) is 64.6 Å². The van der Waals surface area contributed by atoms with Crippen LogP contribution >= 0.6 is 0 Å². The first-order valence-electron chi connectivity index (χ1n) is 13.6. The summed E-state index contributed by atoms with van der Waals surface area (Å²) in [7, 11) is 0. The first-order chi connectivity index (χ1) is 20.5. The maximum atomic E-state index is 12.6. The summed E-state index contributed by atoms with van der Waals surface area (Å²) in [6.45, 7) is 0. The Morgan fingerprint density at radius 2 is 0.500 bits per heavy atom. The Kier molecular flexibility index (Phi) is 6.02. The Labute approximate surface area is 240 Å². The van der Waals surface area contributed by atoms with E-state index in [1.165, 1.54) is 0 Å². The van der Waals surface area contributed by atoms with Gasteiger partial charge in [-0.25, -0.2) is 9.59 Å². The molecule has 4 heteroatoms. The Balaban J connectivity index is 1.64. The largest absolute Gasteiger partial charge is 0.478 e. The predicted octanol–water partition coefficient (Wildman–Crippen LogP) is 9.69. The maximum absolute atomic E-state index is 12.6. The average molecular weight is 545 g/mol. The summed E-state index contributed by atoms with van der Waals surface area (Å²) >= 11 is 0. The normalized spacial score (nSPS) is 11.2. The van der Waals surface area contributed by atoms with Gasteiger partial charge in [0.25, 0.3) is 0 Å². The second-order valence-electron chi connectivity index (χ2n) is 10.4. The Hall–Kier alpha value is -5.74. The third-order valence-electron chi connectivity index (χ3n) is 8.01. The molecule has 0 saturated carbocycles. The van der Waals surface area contributed by atoms with E-state index in [0.29, 0.717) is 21.5 Å². The fourth-order valence-corrected chi connectivity index (χ4v) is 5.90. The van der Waals surface area contributed by atoms with E-state index >= 15 is 0 Å². The summed E-state index contributed by atoms with van der Waals surface area (Å²) < 4.78 is 0. The maximum Gasteiger partial charge on any atom is 0.336 e. The zero-order chi connectivity index (χ0) is 28.8. The highest BCUT2D eigenvalue weighted by atomic mass is 16.4. The summed E-state index contributed by atoms with van der Waals surface area (Å²) in [5, 5.41) is 30.4. The number of hydrogen-bond donors (Lipinski definition) is 2. The number of rotatable bonds is 2. The van der Waals surface area contributed by atoms with Gasteiger partial charge in [-0.15, -0.1) is 0 Å². The van der Waals surface area contributed by atoms with E-state index in [1.54, 1.807) is 0 Å². The molecular weight excluding hydrogens is 520 g/mol. The minimum absolute atomic E-state index is 0.268. The smallest absolute Gasteiger partial charge is 0.336 e. The summed E-state index contributed by atoms with van der Waals surface area (Å²) in [6, 6.07) is 42.6. The fourth-order valence-electron chi connectivity index (χ4n) is 5.90. The van der Waals surface area contributed by atoms with Crippen LogP contribution in [0.15, 0.2) is 133 Å². The summed E-state index contributed by atoms with van der Waals surface area (Å²) in [4.78, 5) is 25.1. The van der Waals surface area contributed by atoms with Gasteiger partial charge in [0.15, 0.2) is 0 Å². The molecule has 0 radical (unpaired) electrons. The van der Waals surface area contributed by atoms with Crippen molar-refractivity contribution in [3.63, 3.8) is 0 Å². The molecule has 0 aromatic heterocycles. The SMILES string of the molecule is O=C(O)c1c2cccc1c1ccc(cc1)c1ccc(cc1)c1cccc(c1C(=O)O)c1ccc(cc1)c1ccc2cc1. The highest BCUT2D eigenvalue weighted by molar-refractivity contribution is 6.15. The van der Waals surface area contributed by atoms with Crippen molar-refractivity contribution < 1.29 is 19.8 Å². The number of aromatic carboxylic acids is 2. The van der Waals surface area contributed by atoms with Crippen molar-refractivity contribution >= 4 is 76.6 Å². The molecule has 200 valence electrons. The molecule has 12 bridgehead atoms. The third-order valence-corrected chi connectivity index (χ3v) is 8.01. The van der Waals surface area contributed by atoms with Gasteiger partial charge in [0.05, 0.1) is 11.1 Å². The number of carbonyl (C=O) groups is 2. The van der Waals surface area contributed by atoms with Crippen LogP contribution in [0.4, 0.5) is 0 Å². The molecule has 0 heterocycles. The summed E-state index contributed by atoms with van der Waals surface area (Å²) in [5.74, 6) is -1.95. The molecule has 0 aliphatic carbocycles. The van der Waals surface area contributed by atoms with Gasteiger partial charge < -0.3 is 10.2 Å². The molecule has 4 nitrogen and oxygen atoms in total. The molecule has 0 spiro atoms. The predicted molar refractivity (Wildman–Crippen MR) is 172 cm³/mol. The molecule has 13 aromatic rings. The van der Waals surface area contributed by atoms with Crippen LogP contribution in [0, 0.1) is 0 Å². The van der Waals surface area contributed by atoms with E-state index in [2.05, 4.69) is 0 Å². The zero-order valence-corrected chi connectivity index (χ0v) is 22.4. The molecule has 2 N–H and O–H groups in total. The molecule has 0 atom stereocenters. The van der Waals surface area contributed by atoms with Gasteiger partial charge in [-0.3, -0.25) is 0 Å². The number of benzene rings is 6. The number of hydrogen-bond acceptors (Lipinski definition) is 2. The first kappa shape index (κ1) is 25.2. The van der Waals surface area contributed by atoms with Crippen LogP contribution in [0.3, 0.4) is 0 Å². The van der Waals surface area contributed by atoms with Gasteiger partial charge in [0.1, 0.15) is 0 Å². The van der Waals surface area contributed by atoms with Gasteiger partial charge >= 0.3 is 11.9 Å². The van der Waals surface area contributed by atoms with Crippen LogP contribution in [0.1, 0.15) is 20.7 Å². The molecule has 42 heavy (non-hydrogen) atoms. The van der Waals surface area contributed by atoms with Gasteiger partial charge in [-0.1, -0.05) is 133 Å². The van der Waals surface area contributed by atoms with Crippen molar-refractivity contribution in [1.82, 2.24) is 0 Å². The van der Waals surface area contributed by atoms with E-state index in [1.807, 2.05) is 133 Å². The molecule has 0 aliphatic rings.